The normalized spacial score (nSPS) is 21.7. The van der Waals surface area contributed by atoms with Crippen LogP contribution in [0.1, 0.15) is 108 Å². The first-order chi connectivity index (χ1) is 22.5. The number of aromatic nitrogens is 3. The van der Waals surface area contributed by atoms with Crippen molar-refractivity contribution in [3.8, 4) is 0 Å². The van der Waals surface area contributed by atoms with E-state index in [1.54, 1.807) is 0 Å². The fourth-order valence-corrected chi connectivity index (χ4v) is 5.85. The van der Waals surface area contributed by atoms with Gasteiger partial charge in [-0.3, -0.25) is 0 Å². The van der Waals surface area contributed by atoms with Crippen LogP contribution in [-0.2, 0) is 30.1 Å². The molecule has 1 aromatic heterocycles. The van der Waals surface area contributed by atoms with Crippen molar-refractivity contribution < 1.29 is 23.7 Å². The molecule has 0 amide bonds. The van der Waals surface area contributed by atoms with Crippen LogP contribution < -0.4 is 0 Å². The largest absolute Gasteiger partial charge is 0.379 e. The van der Waals surface area contributed by atoms with Crippen LogP contribution >= 0.6 is 11.6 Å². The first-order valence-corrected chi connectivity index (χ1v) is 17.8. The Morgan fingerprint density at radius 2 is 1.37 bits per heavy atom. The summed E-state index contributed by atoms with van der Waals surface area (Å²) in [4.78, 5) is 4.78. The summed E-state index contributed by atoms with van der Waals surface area (Å²) in [5, 5.41) is 9.49. The number of halogens is 1. The molecule has 0 spiro atoms. The van der Waals surface area contributed by atoms with Gasteiger partial charge in [0.25, 0.3) is 0 Å². The third kappa shape index (κ3) is 10.4. The van der Waals surface area contributed by atoms with Gasteiger partial charge < -0.3 is 23.7 Å². The predicted molar refractivity (Wildman–Crippen MR) is 184 cm³/mol. The van der Waals surface area contributed by atoms with Gasteiger partial charge in [0.15, 0.2) is 5.82 Å². The lowest BCUT2D eigenvalue weighted by Crippen LogP contribution is -2.58. The summed E-state index contributed by atoms with van der Waals surface area (Å²) in [5.41, 5.74) is 4.60. The zero-order valence-electron chi connectivity index (χ0n) is 28.5. The minimum Gasteiger partial charge on any atom is -0.379 e. The molecule has 46 heavy (non-hydrogen) atoms. The summed E-state index contributed by atoms with van der Waals surface area (Å²) >= 11 is 6.78. The quantitative estimate of drug-likeness (QED) is 0.112. The highest BCUT2D eigenvalue weighted by Crippen LogP contribution is 2.39. The summed E-state index contributed by atoms with van der Waals surface area (Å²) in [6, 6.07) is 12.1. The maximum Gasteiger partial charge on any atom is 0.156 e. The molecule has 254 valence electrons. The first-order valence-electron chi connectivity index (χ1n) is 17.4. The Morgan fingerprint density at radius 1 is 0.717 bits per heavy atom. The zero-order chi connectivity index (χ0) is 32.7. The number of hydrogen-bond donors (Lipinski definition) is 0. The van der Waals surface area contributed by atoms with Gasteiger partial charge in [-0.25, -0.2) is 4.98 Å². The topological polar surface area (TPSA) is 84.8 Å². The number of rotatable bonds is 20. The van der Waals surface area contributed by atoms with Crippen LogP contribution in [0.5, 0.6) is 0 Å². The third-order valence-corrected chi connectivity index (χ3v) is 8.75. The van der Waals surface area contributed by atoms with Gasteiger partial charge in [-0.2, -0.15) is 0 Å². The van der Waals surface area contributed by atoms with E-state index in [2.05, 4.69) is 44.0 Å². The fourth-order valence-electron chi connectivity index (χ4n) is 5.66. The molecule has 0 bridgehead atoms. The SMILES string of the molecule is CCCCOC[C@H]1O[C@@H](c2ccc(Cl)c(Cc3nnc4cc(C)ccc4n3)c2)[C@H](OCCCC)[C@@H](OCCCC)[C@@H]1OCCCC. The van der Waals surface area contributed by atoms with Crippen molar-refractivity contribution >= 4 is 22.6 Å². The van der Waals surface area contributed by atoms with Crippen LogP contribution in [0.25, 0.3) is 11.0 Å². The molecule has 0 radical (unpaired) electrons. The maximum atomic E-state index is 6.95. The van der Waals surface area contributed by atoms with E-state index in [0.29, 0.717) is 50.3 Å². The second kappa shape index (κ2) is 19.6. The minimum absolute atomic E-state index is 0.305. The molecule has 0 unspecified atom stereocenters. The van der Waals surface area contributed by atoms with E-state index in [1.165, 1.54) is 0 Å². The van der Waals surface area contributed by atoms with Crippen LogP contribution in [0.4, 0.5) is 0 Å². The van der Waals surface area contributed by atoms with Crippen LogP contribution in [-0.4, -0.2) is 72.6 Å². The number of unbranched alkanes of at least 4 members (excludes halogenated alkanes) is 4. The lowest BCUT2D eigenvalue weighted by Gasteiger charge is -2.46. The molecule has 2 heterocycles. The average Bonchev–Trinajstić information content (AvgIpc) is 3.06. The molecule has 1 aliphatic heterocycles. The van der Waals surface area contributed by atoms with Crippen molar-refractivity contribution in [1.29, 1.82) is 0 Å². The summed E-state index contributed by atoms with van der Waals surface area (Å²) in [6.45, 7) is 13.7. The Hall–Kier alpha value is -2.20. The van der Waals surface area contributed by atoms with Gasteiger partial charge in [0.1, 0.15) is 36.0 Å². The van der Waals surface area contributed by atoms with Crippen LogP contribution in [0.2, 0.25) is 5.02 Å². The maximum absolute atomic E-state index is 6.95. The number of benzene rings is 2. The molecule has 0 aliphatic carbocycles. The Balaban J connectivity index is 1.68. The van der Waals surface area contributed by atoms with E-state index >= 15 is 0 Å². The highest BCUT2D eigenvalue weighted by molar-refractivity contribution is 6.31. The Labute approximate surface area is 280 Å². The van der Waals surface area contributed by atoms with E-state index in [4.69, 9.17) is 40.3 Å². The molecular weight excluding hydrogens is 602 g/mol. The summed E-state index contributed by atoms with van der Waals surface area (Å²) in [7, 11) is 0. The van der Waals surface area contributed by atoms with Gasteiger partial charge in [0, 0.05) is 37.9 Å². The summed E-state index contributed by atoms with van der Waals surface area (Å²) in [6.07, 6.45) is 6.85. The number of fused-ring (bicyclic) bond motifs is 1. The fraction of sp³-hybridized carbons (Fsp3) is 0.649. The molecule has 9 heteroatoms. The predicted octanol–water partition coefficient (Wildman–Crippen LogP) is 8.39. The van der Waals surface area contributed by atoms with Gasteiger partial charge in [-0.05, 0) is 67.5 Å². The van der Waals surface area contributed by atoms with Crippen molar-refractivity contribution in [1.82, 2.24) is 15.2 Å². The molecule has 0 saturated carbocycles. The minimum atomic E-state index is -0.399. The standard InChI is InChI=1S/C37H54ClN3O5/c1-6-10-18-42-25-32-35(43-19-11-7-2)37(45-21-13-9-4)36(44-20-12-8-3)34(46-32)27-15-16-29(38)28(23-27)24-33-39-30-17-14-26(5)22-31(30)40-41-33/h14-17,22-23,32,34-37H,6-13,18-21,24-25H2,1-5H3/t32-,34+,35-,36+,37+/m1/s1. The average molecular weight is 656 g/mol. The van der Waals surface area contributed by atoms with Crippen molar-refractivity contribution in [2.24, 2.45) is 0 Å². The molecule has 1 fully saturated rings. The molecule has 0 N–H and O–H groups in total. The van der Waals surface area contributed by atoms with Crippen LogP contribution in [0.3, 0.4) is 0 Å². The van der Waals surface area contributed by atoms with Gasteiger partial charge in [-0.15, -0.1) is 10.2 Å². The van der Waals surface area contributed by atoms with E-state index in [1.807, 2.05) is 37.3 Å². The number of ether oxygens (including phenoxy) is 5. The van der Waals surface area contributed by atoms with E-state index in [-0.39, 0.29) is 24.4 Å². The Kier molecular flexibility index (Phi) is 15.6. The Bertz CT molecular complexity index is 1330. The highest BCUT2D eigenvalue weighted by atomic mass is 35.5. The molecule has 3 aromatic rings. The molecule has 2 aromatic carbocycles. The lowest BCUT2D eigenvalue weighted by molar-refractivity contribution is -0.268. The zero-order valence-corrected chi connectivity index (χ0v) is 29.3. The second-order valence-corrected chi connectivity index (χ2v) is 12.7. The van der Waals surface area contributed by atoms with E-state index < -0.39 is 6.10 Å². The number of nitrogens with zero attached hydrogens (tertiary/aromatic N) is 3. The molecule has 8 nitrogen and oxygen atoms in total. The van der Waals surface area contributed by atoms with Gasteiger partial charge in [0.2, 0.25) is 0 Å². The smallest absolute Gasteiger partial charge is 0.156 e. The Morgan fingerprint density at radius 3 is 2.07 bits per heavy atom. The lowest BCUT2D eigenvalue weighted by atomic mass is 9.89. The van der Waals surface area contributed by atoms with Gasteiger partial charge in [0.05, 0.1) is 12.1 Å². The summed E-state index contributed by atoms with van der Waals surface area (Å²) in [5.74, 6) is 0.614. The van der Waals surface area contributed by atoms with Crippen molar-refractivity contribution in [2.75, 3.05) is 33.0 Å². The summed E-state index contributed by atoms with van der Waals surface area (Å²) < 4.78 is 33.0. The number of hydrogen-bond acceptors (Lipinski definition) is 8. The van der Waals surface area contributed by atoms with Crippen molar-refractivity contribution in [3.63, 3.8) is 0 Å². The molecule has 5 atom stereocenters. The van der Waals surface area contributed by atoms with Crippen LogP contribution in [0.15, 0.2) is 36.4 Å². The van der Waals surface area contributed by atoms with E-state index in [9.17, 15) is 0 Å². The van der Waals surface area contributed by atoms with Gasteiger partial charge in [-0.1, -0.05) is 83.2 Å². The molecule has 1 aliphatic rings. The monoisotopic (exact) mass is 655 g/mol. The third-order valence-electron chi connectivity index (χ3n) is 8.38. The molecule has 1 saturated heterocycles. The number of aryl methyl sites for hydroxylation is 1. The van der Waals surface area contributed by atoms with Crippen molar-refractivity contribution in [2.45, 2.75) is 123 Å². The highest BCUT2D eigenvalue weighted by Gasteiger charge is 2.48. The first kappa shape index (κ1) is 36.6. The second-order valence-electron chi connectivity index (χ2n) is 12.3. The van der Waals surface area contributed by atoms with E-state index in [0.717, 1.165) is 79.1 Å². The van der Waals surface area contributed by atoms with Crippen LogP contribution in [0, 0.1) is 6.92 Å². The molecule has 4 rings (SSSR count). The van der Waals surface area contributed by atoms with Gasteiger partial charge >= 0.3 is 0 Å². The van der Waals surface area contributed by atoms with Crippen molar-refractivity contribution in [3.05, 3.63) is 63.9 Å². The molecular formula is C37H54ClN3O5.